The summed E-state index contributed by atoms with van der Waals surface area (Å²) in [7, 11) is 1.82. The first kappa shape index (κ1) is 15.2. The lowest BCUT2D eigenvalue weighted by Gasteiger charge is -2.07. The maximum Gasteiger partial charge on any atom is 0.336 e. The second kappa shape index (κ2) is 6.26. The molecule has 5 nitrogen and oxygen atoms in total. The van der Waals surface area contributed by atoms with Crippen LogP contribution in [0.4, 0.5) is 5.13 Å². The Labute approximate surface area is 145 Å². The van der Waals surface area contributed by atoms with Crippen molar-refractivity contribution >= 4 is 50.0 Å². The summed E-state index contributed by atoms with van der Waals surface area (Å²) in [5.74, 6) is 0.633. The highest BCUT2D eigenvalue weighted by Gasteiger charge is 2.11. The van der Waals surface area contributed by atoms with Crippen LogP contribution < -0.4 is 10.9 Å². The van der Waals surface area contributed by atoms with Gasteiger partial charge in [0.25, 0.3) is 0 Å². The van der Waals surface area contributed by atoms with Gasteiger partial charge in [-0.2, -0.15) is 0 Å². The van der Waals surface area contributed by atoms with Gasteiger partial charge < -0.3 is 9.73 Å². The molecule has 24 heavy (non-hydrogen) atoms. The average molecular weight is 355 g/mol. The van der Waals surface area contributed by atoms with Crippen LogP contribution in [0.5, 0.6) is 0 Å². The zero-order chi connectivity index (χ0) is 16.5. The fraction of sp³-hybridized carbons (Fsp3) is 0.118. The van der Waals surface area contributed by atoms with E-state index in [-0.39, 0.29) is 5.63 Å². The Bertz CT molecular complexity index is 1090. The Balaban J connectivity index is 1.81. The van der Waals surface area contributed by atoms with E-state index in [0.29, 0.717) is 11.3 Å². The van der Waals surface area contributed by atoms with E-state index in [1.807, 2.05) is 31.3 Å². The Morgan fingerprint density at radius 2 is 2.08 bits per heavy atom. The van der Waals surface area contributed by atoms with Crippen LogP contribution in [-0.2, 0) is 5.75 Å². The Kier molecular flexibility index (Phi) is 3.95. The number of rotatable bonds is 4. The third-order valence-corrected chi connectivity index (χ3v) is 5.81. The minimum absolute atomic E-state index is 0.332. The lowest BCUT2D eigenvalue weighted by Crippen LogP contribution is -2.00. The van der Waals surface area contributed by atoms with Crippen LogP contribution in [-0.4, -0.2) is 17.2 Å². The third kappa shape index (κ3) is 2.76. The summed E-state index contributed by atoms with van der Waals surface area (Å²) >= 11 is 3.06. The lowest BCUT2D eigenvalue weighted by atomic mass is 10.0. The summed E-state index contributed by atoms with van der Waals surface area (Å²) in [6.07, 6.45) is 0. The molecule has 120 valence electrons. The van der Waals surface area contributed by atoms with Gasteiger partial charge in [-0.1, -0.05) is 53.4 Å². The van der Waals surface area contributed by atoms with Gasteiger partial charge in [-0.05, 0) is 22.4 Å². The van der Waals surface area contributed by atoms with Gasteiger partial charge >= 0.3 is 5.63 Å². The molecule has 0 aliphatic heterocycles. The zero-order valence-corrected chi connectivity index (χ0v) is 14.4. The van der Waals surface area contributed by atoms with Gasteiger partial charge in [0.1, 0.15) is 5.58 Å². The maximum absolute atomic E-state index is 11.9. The van der Waals surface area contributed by atoms with Crippen molar-refractivity contribution in [1.82, 2.24) is 10.2 Å². The molecule has 0 radical (unpaired) electrons. The molecule has 4 aromatic rings. The van der Waals surface area contributed by atoms with Gasteiger partial charge in [-0.3, -0.25) is 0 Å². The van der Waals surface area contributed by atoms with Crippen molar-refractivity contribution in [2.24, 2.45) is 0 Å². The van der Waals surface area contributed by atoms with Crippen LogP contribution in [0.15, 0.2) is 56.0 Å². The van der Waals surface area contributed by atoms with Crippen LogP contribution in [0.3, 0.4) is 0 Å². The molecule has 0 aliphatic carbocycles. The van der Waals surface area contributed by atoms with Crippen LogP contribution in [0.1, 0.15) is 5.56 Å². The molecule has 0 saturated carbocycles. The highest BCUT2D eigenvalue weighted by atomic mass is 32.2. The van der Waals surface area contributed by atoms with Crippen LogP contribution >= 0.6 is 23.1 Å². The van der Waals surface area contributed by atoms with E-state index in [9.17, 15) is 4.79 Å². The van der Waals surface area contributed by atoms with Gasteiger partial charge in [0, 0.05) is 24.3 Å². The Morgan fingerprint density at radius 1 is 1.21 bits per heavy atom. The summed E-state index contributed by atoms with van der Waals surface area (Å²) in [6.45, 7) is 0. The van der Waals surface area contributed by atoms with Crippen molar-refractivity contribution in [2.75, 3.05) is 12.4 Å². The predicted molar refractivity (Wildman–Crippen MR) is 99.0 cm³/mol. The van der Waals surface area contributed by atoms with Crippen molar-refractivity contribution < 1.29 is 4.42 Å². The van der Waals surface area contributed by atoms with E-state index in [2.05, 4.69) is 27.6 Å². The van der Waals surface area contributed by atoms with Crippen LogP contribution in [0.25, 0.3) is 21.7 Å². The minimum atomic E-state index is -0.332. The molecule has 0 spiro atoms. The predicted octanol–water partition coefficient (Wildman–Crippen LogP) is 4.13. The second-order valence-corrected chi connectivity index (χ2v) is 7.36. The van der Waals surface area contributed by atoms with Crippen molar-refractivity contribution in [1.29, 1.82) is 0 Å². The Hall–Kier alpha value is -2.38. The molecule has 0 bridgehead atoms. The molecule has 0 aliphatic rings. The normalized spacial score (nSPS) is 11.2. The highest BCUT2D eigenvalue weighted by molar-refractivity contribution is 8.00. The quantitative estimate of drug-likeness (QED) is 0.337. The molecule has 0 fully saturated rings. The minimum Gasteiger partial charge on any atom is -0.423 e. The molecule has 2 aromatic carbocycles. The summed E-state index contributed by atoms with van der Waals surface area (Å²) in [5, 5.41) is 15.1. The molecule has 0 unspecified atom stereocenters. The number of anilines is 1. The van der Waals surface area contributed by atoms with Gasteiger partial charge in [-0.25, -0.2) is 4.79 Å². The number of thioether (sulfide) groups is 1. The van der Waals surface area contributed by atoms with E-state index in [4.69, 9.17) is 4.42 Å². The molecule has 1 N–H and O–H groups in total. The summed E-state index contributed by atoms with van der Waals surface area (Å²) in [4.78, 5) is 11.9. The molecule has 2 heterocycles. The topological polar surface area (TPSA) is 68.0 Å². The molecule has 0 atom stereocenters. The van der Waals surface area contributed by atoms with E-state index >= 15 is 0 Å². The number of hydrogen-bond acceptors (Lipinski definition) is 7. The third-order valence-electron chi connectivity index (χ3n) is 3.69. The lowest BCUT2D eigenvalue weighted by molar-refractivity contribution is 0.560. The van der Waals surface area contributed by atoms with Crippen molar-refractivity contribution in [3.8, 4) is 0 Å². The Morgan fingerprint density at radius 3 is 2.92 bits per heavy atom. The number of fused-ring (bicyclic) bond motifs is 3. The summed E-state index contributed by atoms with van der Waals surface area (Å²) < 4.78 is 6.25. The fourth-order valence-electron chi connectivity index (χ4n) is 2.64. The number of nitrogens with zero attached hydrogens (tertiary/aromatic N) is 2. The largest absolute Gasteiger partial charge is 0.423 e. The van der Waals surface area contributed by atoms with E-state index in [1.54, 1.807) is 17.8 Å². The average Bonchev–Trinajstić information content (AvgIpc) is 3.07. The fourth-order valence-corrected chi connectivity index (χ4v) is 4.33. The van der Waals surface area contributed by atoms with Gasteiger partial charge in [0.15, 0.2) is 4.34 Å². The first-order valence-electron chi connectivity index (χ1n) is 7.33. The number of benzene rings is 2. The highest BCUT2D eigenvalue weighted by Crippen LogP contribution is 2.33. The molecule has 0 saturated heterocycles. The molecule has 2 aromatic heterocycles. The first-order chi connectivity index (χ1) is 11.7. The van der Waals surface area contributed by atoms with Crippen molar-refractivity contribution in [2.45, 2.75) is 10.1 Å². The SMILES string of the molecule is CNc1nnc(SCc2cc(=O)oc3ccc4ccccc4c23)s1. The van der Waals surface area contributed by atoms with E-state index in [0.717, 1.165) is 31.2 Å². The number of hydrogen-bond donors (Lipinski definition) is 1. The molecule has 0 amide bonds. The zero-order valence-electron chi connectivity index (χ0n) is 12.8. The first-order valence-corrected chi connectivity index (χ1v) is 9.13. The van der Waals surface area contributed by atoms with Gasteiger partial charge in [0.05, 0.1) is 0 Å². The monoisotopic (exact) mass is 355 g/mol. The summed E-state index contributed by atoms with van der Waals surface area (Å²) in [5.41, 5.74) is 1.23. The van der Waals surface area contributed by atoms with Crippen molar-refractivity contribution in [3.05, 3.63) is 58.4 Å². The van der Waals surface area contributed by atoms with Crippen molar-refractivity contribution in [3.63, 3.8) is 0 Å². The van der Waals surface area contributed by atoms with E-state index in [1.165, 1.54) is 11.3 Å². The number of aromatic nitrogens is 2. The van der Waals surface area contributed by atoms with Gasteiger partial charge in [0.2, 0.25) is 5.13 Å². The molecule has 4 rings (SSSR count). The van der Waals surface area contributed by atoms with E-state index < -0.39 is 0 Å². The maximum atomic E-state index is 11.9. The van der Waals surface area contributed by atoms with Gasteiger partial charge in [-0.15, -0.1) is 10.2 Å². The standard InChI is InChI=1S/C17H13N3O2S2/c1-18-16-19-20-17(24-16)23-9-11-8-14(21)22-13-7-6-10-4-2-3-5-12(10)15(11)13/h2-8H,9H2,1H3,(H,18,19). The van der Waals surface area contributed by atoms with Crippen LogP contribution in [0, 0.1) is 0 Å². The summed E-state index contributed by atoms with van der Waals surface area (Å²) in [6, 6.07) is 13.5. The smallest absolute Gasteiger partial charge is 0.336 e. The molecular weight excluding hydrogens is 342 g/mol. The second-order valence-electron chi connectivity index (χ2n) is 5.16. The number of nitrogens with one attached hydrogen (secondary N) is 1. The molecular formula is C17H13N3O2S2. The van der Waals surface area contributed by atoms with Crippen LogP contribution in [0.2, 0.25) is 0 Å². The molecule has 7 heteroatoms.